The lowest BCUT2D eigenvalue weighted by Crippen LogP contribution is -2.38. The molecule has 11 heteroatoms. The standard InChI is InChI=1S/C21H35NO4Si.C16H23NO4/c1-16(22-20(24)26-21(2,3)4)14-17-8-10-18(11-9-17)15-19(23)25-12-13-27(5,6)7;1-11(17-15(20)21-16(2,3)4)9-12-5-7-13(8-6-12)10-14(18)19/h8-11,16H,12-15H2,1-7H3,(H,22,24);5-8,11H,9-10H2,1-4H3,(H,17,20)(H,18,19)/t16-;11-/m11/s1. The molecule has 0 heterocycles. The van der Waals surface area contributed by atoms with Gasteiger partial charge in [-0.25, -0.2) is 9.59 Å². The summed E-state index contributed by atoms with van der Waals surface area (Å²) >= 11 is 0. The molecule has 2 aromatic rings. The number of hydrogen-bond donors (Lipinski definition) is 3. The molecule has 268 valence electrons. The molecule has 0 fully saturated rings. The largest absolute Gasteiger partial charge is 0.481 e. The average Bonchev–Trinajstić information content (AvgIpc) is 2.88. The van der Waals surface area contributed by atoms with Crippen molar-refractivity contribution >= 4 is 32.2 Å². The van der Waals surface area contributed by atoms with Gasteiger partial charge in [0.1, 0.15) is 11.2 Å². The van der Waals surface area contributed by atoms with Gasteiger partial charge in [-0.15, -0.1) is 0 Å². The molecule has 0 aromatic heterocycles. The Morgan fingerprint density at radius 2 is 1.02 bits per heavy atom. The molecule has 2 aromatic carbocycles. The van der Waals surface area contributed by atoms with Crippen molar-refractivity contribution in [1.82, 2.24) is 10.6 Å². The van der Waals surface area contributed by atoms with E-state index >= 15 is 0 Å². The van der Waals surface area contributed by atoms with Crippen LogP contribution in [-0.2, 0) is 49.5 Å². The van der Waals surface area contributed by atoms with Gasteiger partial charge < -0.3 is 30.0 Å². The van der Waals surface area contributed by atoms with Crippen molar-refractivity contribution in [2.24, 2.45) is 0 Å². The summed E-state index contributed by atoms with van der Waals surface area (Å²) in [4.78, 5) is 46.0. The minimum Gasteiger partial charge on any atom is -0.481 e. The Bertz CT molecular complexity index is 1310. The second-order valence-electron chi connectivity index (χ2n) is 15.4. The van der Waals surface area contributed by atoms with E-state index in [1.165, 1.54) is 0 Å². The zero-order valence-corrected chi connectivity index (χ0v) is 31.8. The highest BCUT2D eigenvalue weighted by atomic mass is 28.3. The van der Waals surface area contributed by atoms with E-state index in [0.29, 0.717) is 19.4 Å². The maximum atomic E-state index is 11.9. The number of carbonyl (C=O) groups is 4. The van der Waals surface area contributed by atoms with E-state index in [9.17, 15) is 19.2 Å². The van der Waals surface area contributed by atoms with Gasteiger partial charge in [0.25, 0.3) is 0 Å². The molecule has 0 saturated heterocycles. The lowest BCUT2D eigenvalue weighted by Gasteiger charge is -2.22. The van der Waals surface area contributed by atoms with Crippen molar-refractivity contribution in [3.8, 4) is 0 Å². The van der Waals surface area contributed by atoms with Crippen LogP contribution in [0.2, 0.25) is 25.7 Å². The number of amides is 2. The number of carboxylic acids is 1. The van der Waals surface area contributed by atoms with Crippen LogP contribution in [-0.4, -0.2) is 67.2 Å². The lowest BCUT2D eigenvalue weighted by atomic mass is 10.0. The Hall–Kier alpha value is -3.86. The highest BCUT2D eigenvalue weighted by molar-refractivity contribution is 6.76. The van der Waals surface area contributed by atoms with Crippen molar-refractivity contribution < 1.29 is 38.5 Å². The Balaban J connectivity index is 0.000000495. The number of benzene rings is 2. The number of carbonyl (C=O) groups excluding carboxylic acids is 3. The van der Waals surface area contributed by atoms with Gasteiger partial charge in [-0.1, -0.05) is 68.2 Å². The zero-order valence-electron chi connectivity index (χ0n) is 30.8. The fourth-order valence-electron chi connectivity index (χ4n) is 4.28. The molecule has 10 nitrogen and oxygen atoms in total. The van der Waals surface area contributed by atoms with Crippen molar-refractivity contribution in [2.45, 2.75) is 130 Å². The molecule has 0 radical (unpaired) electrons. The monoisotopic (exact) mass is 686 g/mol. The van der Waals surface area contributed by atoms with Gasteiger partial charge in [-0.05, 0) is 96.5 Å². The summed E-state index contributed by atoms with van der Waals surface area (Å²) in [5.41, 5.74) is 2.81. The number of nitrogens with one attached hydrogen (secondary N) is 2. The van der Waals surface area contributed by atoms with E-state index in [2.05, 4.69) is 30.3 Å². The van der Waals surface area contributed by atoms with Crippen LogP contribution in [0.4, 0.5) is 9.59 Å². The van der Waals surface area contributed by atoms with E-state index in [4.69, 9.17) is 19.3 Å². The van der Waals surface area contributed by atoms with Crippen LogP contribution in [0.25, 0.3) is 0 Å². The average molecular weight is 687 g/mol. The van der Waals surface area contributed by atoms with E-state index in [1.54, 1.807) is 12.1 Å². The number of ether oxygens (including phenoxy) is 3. The first-order valence-corrected chi connectivity index (χ1v) is 20.2. The topological polar surface area (TPSA) is 140 Å². The lowest BCUT2D eigenvalue weighted by molar-refractivity contribution is -0.142. The van der Waals surface area contributed by atoms with Crippen LogP contribution in [0.1, 0.15) is 77.6 Å². The number of hydrogen-bond acceptors (Lipinski definition) is 7. The normalized spacial score (nSPS) is 12.8. The first-order chi connectivity index (χ1) is 22.0. The quantitative estimate of drug-likeness (QED) is 0.113. The van der Waals surface area contributed by atoms with Gasteiger partial charge in [0.2, 0.25) is 0 Å². The van der Waals surface area contributed by atoms with Gasteiger partial charge in [-0.2, -0.15) is 0 Å². The van der Waals surface area contributed by atoms with E-state index in [1.807, 2.05) is 91.8 Å². The molecule has 0 saturated carbocycles. The van der Waals surface area contributed by atoms with Crippen molar-refractivity contribution in [1.29, 1.82) is 0 Å². The molecule has 2 rings (SSSR count). The molecule has 0 spiro atoms. The molecule has 2 amide bonds. The molecule has 0 aliphatic carbocycles. The Morgan fingerprint density at radius 3 is 1.35 bits per heavy atom. The van der Waals surface area contributed by atoms with Crippen LogP contribution in [0.15, 0.2) is 48.5 Å². The summed E-state index contributed by atoms with van der Waals surface area (Å²) in [6.07, 6.45) is 0.821. The third-order valence-corrected chi connectivity index (χ3v) is 8.18. The van der Waals surface area contributed by atoms with E-state index in [-0.39, 0.29) is 30.9 Å². The molecule has 48 heavy (non-hydrogen) atoms. The maximum Gasteiger partial charge on any atom is 0.407 e. The predicted molar refractivity (Wildman–Crippen MR) is 192 cm³/mol. The molecule has 0 unspecified atom stereocenters. The van der Waals surface area contributed by atoms with E-state index in [0.717, 1.165) is 28.3 Å². The first kappa shape index (κ1) is 42.2. The summed E-state index contributed by atoms with van der Waals surface area (Å²) in [5, 5.41) is 14.3. The molecular weight excluding hydrogens is 628 g/mol. The van der Waals surface area contributed by atoms with Crippen molar-refractivity contribution in [2.75, 3.05) is 6.61 Å². The molecule has 0 bridgehead atoms. The van der Waals surface area contributed by atoms with Gasteiger partial charge in [0.15, 0.2) is 0 Å². The van der Waals surface area contributed by atoms with Crippen LogP contribution in [0, 0.1) is 0 Å². The Morgan fingerprint density at radius 1 is 0.667 bits per heavy atom. The third kappa shape index (κ3) is 21.8. The summed E-state index contributed by atoms with van der Waals surface area (Å²) in [5.74, 6) is -1.02. The summed E-state index contributed by atoms with van der Waals surface area (Å²) in [6, 6.07) is 16.1. The maximum absolute atomic E-state index is 11.9. The minimum atomic E-state index is -1.18. The SMILES string of the molecule is C[C@H](Cc1ccc(CC(=O)O)cc1)NC(=O)OC(C)(C)C.C[C@H](Cc1ccc(CC(=O)OCC[Si](C)(C)C)cc1)NC(=O)OC(C)(C)C. The molecule has 0 aliphatic heterocycles. The fourth-order valence-corrected chi connectivity index (χ4v) is 4.99. The summed E-state index contributed by atoms with van der Waals surface area (Å²) in [7, 11) is -1.18. The smallest absolute Gasteiger partial charge is 0.407 e. The molecule has 2 atom stereocenters. The highest BCUT2D eigenvalue weighted by Crippen LogP contribution is 2.13. The molecule has 3 N–H and O–H groups in total. The highest BCUT2D eigenvalue weighted by Gasteiger charge is 2.19. The predicted octanol–water partition coefficient (Wildman–Crippen LogP) is 7.34. The number of rotatable bonds is 13. The van der Waals surface area contributed by atoms with Gasteiger partial charge in [-0.3, -0.25) is 9.59 Å². The Labute approximate surface area is 288 Å². The second-order valence-corrected chi connectivity index (χ2v) is 21.0. The number of carboxylic acid groups (broad SMARTS) is 1. The minimum absolute atomic E-state index is 0.0198. The van der Waals surface area contributed by atoms with E-state index < -0.39 is 37.4 Å². The number of aliphatic carboxylic acids is 1. The first-order valence-electron chi connectivity index (χ1n) is 16.5. The number of esters is 1. The second kappa shape index (κ2) is 19.2. The Kier molecular flexibility index (Phi) is 16.9. The molecule has 0 aliphatic rings. The van der Waals surface area contributed by atoms with Crippen LogP contribution in [0.5, 0.6) is 0 Å². The van der Waals surface area contributed by atoms with Gasteiger partial charge >= 0.3 is 24.1 Å². The van der Waals surface area contributed by atoms with Gasteiger partial charge in [0.05, 0.1) is 19.4 Å². The third-order valence-electron chi connectivity index (χ3n) is 6.47. The van der Waals surface area contributed by atoms with Gasteiger partial charge in [0, 0.05) is 20.2 Å². The van der Waals surface area contributed by atoms with Crippen molar-refractivity contribution in [3.05, 3.63) is 70.8 Å². The van der Waals surface area contributed by atoms with Crippen LogP contribution >= 0.6 is 0 Å². The van der Waals surface area contributed by atoms with Crippen molar-refractivity contribution in [3.63, 3.8) is 0 Å². The number of alkyl carbamates (subject to hydrolysis) is 2. The summed E-state index contributed by atoms with van der Waals surface area (Å²) in [6.45, 7) is 22.1. The zero-order chi connectivity index (χ0) is 36.7. The summed E-state index contributed by atoms with van der Waals surface area (Å²) < 4.78 is 15.8. The molecular formula is C37H58N2O8Si. The van der Waals surface area contributed by atoms with Crippen LogP contribution in [0.3, 0.4) is 0 Å². The fraction of sp³-hybridized carbons (Fsp3) is 0.568. The van der Waals surface area contributed by atoms with Crippen LogP contribution < -0.4 is 10.6 Å².